The first-order chi connectivity index (χ1) is 14.3. The van der Waals surface area contributed by atoms with Gasteiger partial charge in [-0.3, -0.25) is 5.43 Å². The number of tetrazole rings is 1. The van der Waals surface area contributed by atoms with Crippen LogP contribution in [0.25, 0.3) is 5.69 Å². The lowest BCUT2D eigenvalue weighted by atomic mass is 9.80. The number of likely N-dealkylation sites (N-methyl/N-ethyl adjacent to an activating group) is 1. The first-order valence-corrected chi connectivity index (χ1v) is 10.2. The van der Waals surface area contributed by atoms with Crippen LogP contribution in [0, 0.1) is 0 Å². The largest absolute Gasteiger partial charge is 0.496 e. The van der Waals surface area contributed by atoms with Gasteiger partial charge in [-0.05, 0) is 47.0 Å². The van der Waals surface area contributed by atoms with Gasteiger partial charge >= 0.3 is 0 Å². The SMILES string of the molecule is COc1ccc(-n2cnnn2)cc1CNN(C)[C@H]1CCCC[C@H]1c1ccccc1. The van der Waals surface area contributed by atoms with E-state index in [-0.39, 0.29) is 0 Å². The van der Waals surface area contributed by atoms with Gasteiger partial charge < -0.3 is 4.74 Å². The maximum absolute atomic E-state index is 5.57. The number of nitrogens with one attached hydrogen (secondary N) is 1. The molecule has 1 aromatic heterocycles. The Morgan fingerprint density at radius 1 is 1.14 bits per heavy atom. The van der Waals surface area contributed by atoms with Crippen LogP contribution in [0.1, 0.15) is 42.7 Å². The number of ether oxygens (including phenoxy) is 1. The molecule has 0 saturated heterocycles. The van der Waals surface area contributed by atoms with Crippen LogP contribution in [0.2, 0.25) is 0 Å². The smallest absolute Gasteiger partial charge is 0.143 e. The number of nitrogens with zero attached hydrogens (tertiary/aromatic N) is 5. The van der Waals surface area contributed by atoms with Gasteiger partial charge in [0, 0.05) is 31.1 Å². The summed E-state index contributed by atoms with van der Waals surface area (Å²) >= 11 is 0. The summed E-state index contributed by atoms with van der Waals surface area (Å²) in [5.41, 5.74) is 7.02. The van der Waals surface area contributed by atoms with Crippen LogP contribution in [0.5, 0.6) is 5.75 Å². The van der Waals surface area contributed by atoms with E-state index in [0.717, 1.165) is 17.0 Å². The van der Waals surface area contributed by atoms with Gasteiger partial charge in [-0.2, -0.15) is 0 Å². The minimum absolute atomic E-state index is 0.472. The fourth-order valence-corrected chi connectivity index (χ4v) is 4.32. The highest BCUT2D eigenvalue weighted by Crippen LogP contribution is 2.35. The maximum Gasteiger partial charge on any atom is 0.143 e. The Hall–Kier alpha value is -2.77. The van der Waals surface area contributed by atoms with E-state index in [2.05, 4.69) is 69.4 Å². The molecule has 152 valence electrons. The first kappa shape index (κ1) is 19.5. The molecule has 0 bridgehead atoms. The third-order valence-electron chi connectivity index (χ3n) is 5.85. The minimum Gasteiger partial charge on any atom is -0.496 e. The molecule has 0 amide bonds. The van der Waals surface area contributed by atoms with E-state index >= 15 is 0 Å². The molecule has 7 nitrogen and oxygen atoms in total. The number of aromatic nitrogens is 4. The molecule has 1 fully saturated rings. The molecule has 2 aromatic carbocycles. The highest BCUT2D eigenvalue weighted by atomic mass is 16.5. The Labute approximate surface area is 171 Å². The highest BCUT2D eigenvalue weighted by Gasteiger charge is 2.29. The van der Waals surface area contributed by atoms with Gasteiger partial charge in [-0.25, -0.2) is 9.69 Å². The first-order valence-electron chi connectivity index (χ1n) is 10.2. The topological polar surface area (TPSA) is 68.1 Å². The van der Waals surface area contributed by atoms with Crippen molar-refractivity contribution >= 4 is 0 Å². The summed E-state index contributed by atoms with van der Waals surface area (Å²) in [5, 5.41) is 13.7. The van der Waals surface area contributed by atoms with Gasteiger partial charge in [-0.1, -0.05) is 43.2 Å². The van der Waals surface area contributed by atoms with Crippen LogP contribution in [0.15, 0.2) is 54.9 Å². The summed E-state index contributed by atoms with van der Waals surface area (Å²) in [5.74, 6) is 1.41. The molecular weight excluding hydrogens is 364 g/mol. The van der Waals surface area contributed by atoms with Gasteiger partial charge in [0.25, 0.3) is 0 Å². The summed E-state index contributed by atoms with van der Waals surface area (Å²) < 4.78 is 7.22. The van der Waals surface area contributed by atoms with Crippen molar-refractivity contribution in [3.05, 3.63) is 66.0 Å². The molecule has 0 spiro atoms. The Morgan fingerprint density at radius 2 is 1.97 bits per heavy atom. The van der Waals surface area contributed by atoms with Gasteiger partial charge in [-0.15, -0.1) is 5.10 Å². The molecule has 3 aromatic rings. The standard InChI is InChI=1S/C22H28N6O/c1-27(21-11-7-6-10-20(21)17-8-4-3-5-9-17)24-15-18-14-19(12-13-22(18)29-2)28-16-23-25-26-28/h3-5,8-9,12-14,16,20-21,24H,6-7,10-11,15H2,1-2H3/t20-,21-/m0/s1. The Bertz CT molecular complexity index is 899. The molecule has 1 aliphatic rings. The molecule has 7 heteroatoms. The fourth-order valence-electron chi connectivity index (χ4n) is 4.32. The summed E-state index contributed by atoms with van der Waals surface area (Å²) in [6, 6.07) is 17.3. The van der Waals surface area contributed by atoms with Crippen molar-refractivity contribution in [1.29, 1.82) is 0 Å². The van der Waals surface area contributed by atoms with E-state index in [1.807, 2.05) is 12.1 Å². The lowest BCUT2D eigenvalue weighted by molar-refractivity contribution is 0.107. The Balaban J connectivity index is 1.48. The van der Waals surface area contributed by atoms with Crippen LogP contribution >= 0.6 is 0 Å². The molecule has 1 heterocycles. The maximum atomic E-state index is 5.57. The normalized spacial score (nSPS) is 19.4. The Kier molecular flexibility index (Phi) is 6.17. The predicted molar refractivity (Wildman–Crippen MR) is 112 cm³/mol. The van der Waals surface area contributed by atoms with E-state index in [0.29, 0.717) is 18.5 Å². The van der Waals surface area contributed by atoms with E-state index in [9.17, 15) is 0 Å². The second-order valence-corrected chi connectivity index (χ2v) is 7.57. The van der Waals surface area contributed by atoms with Gasteiger partial charge in [0.05, 0.1) is 12.8 Å². The van der Waals surface area contributed by atoms with Gasteiger partial charge in [0.15, 0.2) is 0 Å². The van der Waals surface area contributed by atoms with Crippen LogP contribution in [-0.2, 0) is 6.54 Å². The van der Waals surface area contributed by atoms with Crippen LogP contribution in [-0.4, -0.2) is 45.4 Å². The van der Waals surface area contributed by atoms with Crippen molar-refractivity contribution < 1.29 is 4.74 Å². The van der Waals surface area contributed by atoms with Crippen LogP contribution < -0.4 is 10.2 Å². The van der Waals surface area contributed by atoms with E-state index in [1.165, 1.54) is 31.2 Å². The zero-order valence-electron chi connectivity index (χ0n) is 17.0. The van der Waals surface area contributed by atoms with E-state index in [4.69, 9.17) is 4.74 Å². The molecule has 1 saturated carbocycles. The van der Waals surface area contributed by atoms with Crippen LogP contribution in [0.3, 0.4) is 0 Å². The fraction of sp³-hybridized carbons (Fsp3) is 0.409. The number of rotatable bonds is 7. The molecular formula is C22H28N6O. The summed E-state index contributed by atoms with van der Waals surface area (Å²) in [4.78, 5) is 0. The number of benzene rings is 2. The zero-order valence-corrected chi connectivity index (χ0v) is 17.0. The Morgan fingerprint density at radius 3 is 2.72 bits per heavy atom. The highest BCUT2D eigenvalue weighted by molar-refractivity contribution is 5.43. The number of hydrogen-bond acceptors (Lipinski definition) is 6. The lowest BCUT2D eigenvalue weighted by Gasteiger charge is -2.38. The average Bonchev–Trinajstić information content (AvgIpc) is 3.33. The van der Waals surface area contributed by atoms with E-state index < -0.39 is 0 Å². The quantitative estimate of drug-likeness (QED) is 0.622. The summed E-state index contributed by atoms with van der Waals surface area (Å²) in [6.45, 7) is 0.674. The lowest BCUT2D eigenvalue weighted by Crippen LogP contribution is -2.46. The minimum atomic E-state index is 0.472. The van der Waals surface area contributed by atoms with Crippen LogP contribution in [0.4, 0.5) is 0 Å². The molecule has 0 aliphatic heterocycles. The third-order valence-corrected chi connectivity index (χ3v) is 5.85. The number of hydrogen-bond donors (Lipinski definition) is 1. The molecule has 2 atom stereocenters. The van der Waals surface area contributed by atoms with Crippen molar-refractivity contribution in [2.45, 2.75) is 44.2 Å². The molecule has 0 radical (unpaired) electrons. The molecule has 1 N–H and O–H groups in total. The molecule has 0 unspecified atom stereocenters. The van der Waals surface area contributed by atoms with E-state index in [1.54, 1.807) is 18.1 Å². The monoisotopic (exact) mass is 392 g/mol. The van der Waals surface area contributed by atoms with Crippen molar-refractivity contribution in [2.75, 3.05) is 14.2 Å². The molecule has 4 rings (SSSR count). The average molecular weight is 393 g/mol. The number of hydrazine groups is 1. The zero-order chi connectivity index (χ0) is 20.1. The van der Waals surface area contributed by atoms with Crippen molar-refractivity contribution in [3.63, 3.8) is 0 Å². The molecule has 29 heavy (non-hydrogen) atoms. The van der Waals surface area contributed by atoms with Crippen molar-refractivity contribution in [3.8, 4) is 11.4 Å². The predicted octanol–water partition coefficient (Wildman–Crippen LogP) is 3.33. The second kappa shape index (κ2) is 9.15. The second-order valence-electron chi connectivity index (χ2n) is 7.57. The van der Waals surface area contributed by atoms with Gasteiger partial charge in [0.2, 0.25) is 0 Å². The molecule has 1 aliphatic carbocycles. The van der Waals surface area contributed by atoms with Gasteiger partial charge in [0.1, 0.15) is 12.1 Å². The number of methoxy groups -OCH3 is 1. The van der Waals surface area contributed by atoms with Crippen molar-refractivity contribution in [2.24, 2.45) is 0 Å². The third kappa shape index (κ3) is 4.46. The van der Waals surface area contributed by atoms with Crippen molar-refractivity contribution in [1.82, 2.24) is 30.6 Å². The summed E-state index contributed by atoms with van der Waals surface area (Å²) in [6.07, 6.45) is 6.60. The summed E-state index contributed by atoms with van der Waals surface area (Å²) in [7, 11) is 3.86.